The number of hydrogen-bond donors (Lipinski definition) is 0. The predicted molar refractivity (Wildman–Crippen MR) is 110 cm³/mol. The van der Waals surface area contributed by atoms with E-state index in [4.69, 9.17) is 4.74 Å². The Hall–Kier alpha value is -2.93. The molecule has 7 heteroatoms. The van der Waals surface area contributed by atoms with Crippen LogP contribution >= 0.6 is 0 Å². The van der Waals surface area contributed by atoms with Crippen LogP contribution in [0, 0.1) is 12.7 Å². The molecule has 2 aromatic carbocycles. The van der Waals surface area contributed by atoms with E-state index < -0.39 is 11.8 Å². The van der Waals surface area contributed by atoms with E-state index in [-0.39, 0.29) is 18.3 Å². The summed E-state index contributed by atoms with van der Waals surface area (Å²) in [6.07, 6.45) is 0. The van der Waals surface area contributed by atoms with Crippen molar-refractivity contribution >= 4 is 17.7 Å². The van der Waals surface area contributed by atoms with Crippen LogP contribution in [0.2, 0.25) is 0 Å². The summed E-state index contributed by atoms with van der Waals surface area (Å²) >= 11 is 0. The Bertz CT molecular complexity index is 877. The molecule has 1 fully saturated rings. The summed E-state index contributed by atoms with van der Waals surface area (Å²) in [5.74, 6) is -0.856. The molecule has 6 nitrogen and oxygen atoms in total. The molecule has 0 bridgehead atoms. The van der Waals surface area contributed by atoms with Crippen molar-refractivity contribution < 1.29 is 18.7 Å². The third-order valence-corrected chi connectivity index (χ3v) is 5.11. The summed E-state index contributed by atoms with van der Waals surface area (Å²) in [7, 11) is 3.34. The molecule has 1 aliphatic rings. The molecule has 0 spiro atoms. The Morgan fingerprint density at radius 1 is 1.07 bits per heavy atom. The summed E-state index contributed by atoms with van der Waals surface area (Å²) in [6.45, 7) is 4.77. The van der Waals surface area contributed by atoms with Crippen molar-refractivity contribution in [2.45, 2.75) is 13.5 Å². The number of esters is 1. The SMILES string of the molecule is COC(=O)c1ccc(CN(C(=O)N2CCN(C)CC2)c2ccc(C)cc2F)cc1. The van der Waals surface area contributed by atoms with Crippen molar-refractivity contribution in [1.29, 1.82) is 0 Å². The average Bonchev–Trinajstić information content (AvgIpc) is 2.72. The molecule has 2 aromatic rings. The second-order valence-corrected chi connectivity index (χ2v) is 7.30. The molecule has 0 atom stereocenters. The number of rotatable bonds is 4. The zero-order chi connectivity index (χ0) is 21.0. The van der Waals surface area contributed by atoms with E-state index in [0.717, 1.165) is 24.2 Å². The molecule has 0 aliphatic carbocycles. The normalized spacial score (nSPS) is 14.6. The van der Waals surface area contributed by atoms with Crippen molar-refractivity contribution in [3.8, 4) is 0 Å². The van der Waals surface area contributed by atoms with Crippen LogP contribution in [0.15, 0.2) is 42.5 Å². The fourth-order valence-corrected chi connectivity index (χ4v) is 3.30. The van der Waals surface area contributed by atoms with Crippen LogP contribution in [-0.4, -0.2) is 62.1 Å². The number of amides is 2. The highest BCUT2D eigenvalue weighted by atomic mass is 19.1. The van der Waals surface area contributed by atoms with Crippen LogP contribution in [0.5, 0.6) is 0 Å². The molecule has 29 heavy (non-hydrogen) atoms. The summed E-state index contributed by atoms with van der Waals surface area (Å²) in [4.78, 5) is 30.3. The van der Waals surface area contributed by atoms with Gasteiger partial charge in [-0.15, -0.1) is 0 Å². The van der Waals surface area contributed by atoms with Crippen molar-refractivity contribution in [3.05, 3.63) is 65.0 Å². The molecule has 1 heterocycles. The summed E-state index contributed by atoms with van der Waals surface area (Å²) < 4.78 is 19.4. The Labute approximate surface area is 170 Å². The topological polar surface area (TPSA) is 53.1 Å². The molecule has 0 aromatic heterocycles. The number of nitrogens with zero attached hydrogens (tertiary/aromatic N) is 3. The van der Waals surface area contributed by atoms with Crippen molar-refractivity contribution in [2.75, 3.05) is 45.2 Å². The zero-order valence-corrected chi connectivity index (χ0v) is 17.0. The average molecular weight is 399 g/mol. The highest BCUT2D eigenvalue weighted by Crippen LogP contribution is 2.24. The largest absolute Gasteiger partial charge is 0.465 e. The number of urea groups is 1. The van der Waals surface area contributed by atoms with Crippen molar-refractivity contribution in [2.24, 2.45) is 0 Å². The van der Waals surface area contributed by atoms with Gasteiger partial charge in [0.1, 0.15) is 5.82 Å². The van der Waals surface area contributed by atoms with Gasteiger partial charge in [-0.1, -0.05) is 18.2 Å². The quantitative estimate of drug-likeness (QED) is 0.741. The van der Waals surface area contributed by atoms with Gasteiger partial charge in [0, 0.05) is 26.2 Å². The lowest BCUT2D eigenvalue weighted by molar-refractivity contribution is 0.0600. The van der Waals surface area contributed by atoms with Gasteiger partial charge in [-0.2, -0.15) is 0 Å². The second kappa shape index (κ2) is 9.05. The van der Waals surface area contributed by atoms with E-state index in [1.807, 2.05) is 14.0 Å². The van der Waals surface area contributed by atoms with Crippen molar-refractivity contribution in [1.82, 2.24) is 9.80 Å². The van der Waals surface area contributed by atoms with E-state index in [0.29, 0.717) is 18.7 Å². The number of carbonyl (C=O) groups is 2. The number of likely N-dealkylation sites (N-methyl/N-ethyl adjacent to an activating group) is 1. The molecule has 0 saturated carbocycles. The van der Waals surface area contributed by atoms with E-state index in [9.17, 15) is 14.0 Å². The maximum absolute atomic E-state index is 14.7. The van der Waals surface area contributed by atoms with Crippen LogP contribution in [0.4, 0.5) is 14.9 Å². The molecule has 0 unspecified atom stereocenters. The first kappa shape index (κ1) is 20.8. The third-order valence-electron chi connectivity index (χ3n) is 5.11. The number of benzene rings is 2. The summed E-state index contributed by atoms with van der Waals surface area (Å²) in [5, 5.41) is 0. The van der Waals surface area contributed by atoms with Gasteiger partial charge in [-0.25, -0.2) is 14.0 Å². The summed E-state index contributed by atoms with van der Waals surface area (Å²) in [6, 6.07) is 11.4. The molecule has 2 amide bonds. The number of halogens is 1. The molecular formula is C22H26FN3O3. The lowest BCUT2D eigenvalue weighted by Gasteiger charge is -2.36. The molecular weight excluding hydrogens is 373 g/mol. The maximum atomic E-state index is 14.7. The molecule has 3 rings (SSSR count). The fraction of sp³-hybridized carbons (Fsp3) is 0.364. The van der Waals surface area contributed by atoms with Crippen molar-refractivity contribution in [3.63, 3.8) is 0 Å². The number of piperazine rings is 1. The van der Waals surface area contributed by atoms with Gasteiger partial charge in [0.25, 0.3) is 0 Å². The number of carbonyl (C=O) groups excluding carboxylic acids is 2. The zero-order valence-electron chi connectivity index (χ0n) is 17.0. The standard InChI is InChI=1S/C22H26FN3O3/c1-16-4-9-20(19(23)14-16)26(22(28)25-12-10-24(2)11-13-25)15-17-5-7-18(8-6-17)21(27)29-3/h4-9,14H,10-13,15H2,1-3H3. The van der Waals surface area contributed by atoms with Gasteiger partial charge < -0.3 is 14.5 Å². The molecule has 154 valence electrons. The van der Waals surface area contributed by atoms with Gasteiger partial charge in [-0.3, -0.25) is 4.90 Å². The number of anilines is 1. The highest BCUT2D eigenvalue weighted by molar-refractivity contribution is 5.92. The van der Waals surface area contributed by atoms with Crippen LogP contribution in [0.1, 0.15) is 21.5 Å². The minimum atomic E-state index is -0.432. The maximum Gasteiger partial charge on any atom is 0.337 e. The number of ether oxygens (including phenoxy) is 1. The third kappa shape index (κ3) is 4.92. The van der Waals surface area contributed by atoms with E-state index in [1.54, 1.807) is 41.3 Å². The first-order valence-corrected chi connectivity index (χ1v) is 9.57. The second-order valence-electron chi connectivity index (χ2n) is 7.30. The van der Waals surface area contributed by atoms with E-state index in [2.05, 4.69) is 4.90 Å². The van der Waals surface area contributed by atoms with Gasteiger partial charge in [-0.05, 0) is 49.4 Å². The van der Waals surface area contributed by atoms with Gasteiger partial charge in [0.2, 0.25) is 0 Å². The minimum Gasteiger partial charge on any atom is -0.465 e. The fourth-order valence-electron chi connectivity index (χ4n) is 3.30. The first-order chi connectivity index (χ1) is 13.9. The smallest absolute Gasteiger partial charge is 0.337 e. The number of hydrogen-bond acceptors (Lipinski definition) is 4. The first-order valence-electron chi connectivity index (χ1n) is 9.57. The Morgan fingerprint density at radius 2 is 1.72 bits per heavy atom. The molecule has 1 saturated heterocycles. The Kier molecular flexibility index (Phi) is 6.49. The predicted octanol–water partition coefficient (Wildman–Crippen LogP) is 3.29. The monoisotopic (exact) mass is 399 g/mol. The highest BCUT2D eigenvalue weighted by Gasteiger charge is 2.27. The van der Waals surface area contributed by atoms with Crippen LogP contribution in [0.25, 0.3) is 0 Å². The van der Waals surface area contributed by atoms with Crippen LogP contribution < -0.4 is 4.90 Å². The Morgan fingerprint density at radius 3 is 2.31 bits per heavy atom. The van der Waals surface area contributed by atoms with Gasteiger partial charge >= 0.3 is 12.0 Å². The molecule has 0 radical (unpaired) electrons. The Balaban J connectivity index is 1.88. The number of methoxy groups -OCH3 is 1. The van der Waals surface area contributed by atoms with Crippen LogP contribution in [-0.2, 0) is 11.3 Å². The van der Waals surface area contributed by atoms with Crippen LogP contribution in [0.3, 0.4) is 0 Å². The van der Waals surface area contributed by atoms with Gasteiger partial charge in [0.15, 0.2) is 0 Å². The summed E-state index contributed by atoms with van der Waals surface area (Å²) in [5.41, 5.74) is 2.26. The molecule has 1 aliphatic heterocycles. The minimum absolute atomic E-state index is 0.201. The van der Waals surface area contributed by atoms with Gasteiger partial charge in [0.05, 0.1) is 24.9 Å². The lowest BCUT2D eigenvalue weighted by Crippen LogP contribution is -2.52. The lowest BCUT2D eigenvalue weighted by atomic mass is 10.1. The van der Waals surface area contributed by atoms with E-state index in [1.165, 1.54) is 18.1 Å². The molecule has 0 N–H and O–H groups in total. The van der Waals surface area contributed by atoms with E-state index >= 15 is 0 Å². The number of aryl methyl sites for hydroxylation is 1.